The molecular formula is C27H20BrFN2O4S. The topological polar surface area (TPSA) is 100 Å². The summed E-state index contributed by atoms with van der Waals surface area (Å²) in [4.78, 5) is 25.7. The predicted molar refractivity (Wildman–Crippen MR) is 137 cm³/mol. The van der Waals surface area contributed by atoms with E-state index < -0.39 is 11.8 Å². The van der Waals surface area contributed by atoms with Gasteiger partial charge in [-0.05, 0) is 76.8 Å². The Kier molecular flexibility index (Phi) is 9.13. The molecular weight excluding hydrogens is 547 g/mol. The van der Waals surface area contributed by atoms with E-state index >= 15 is 0 Å². The summed E-state index contributed by atoms with van der Waals surface area (Å²) in [6.45, 7) is 3.75. The van der Waals surface area contributed by atoms with Crippen molar-refractivity contribution in [3.63, 3.8) is 0 Å². The highest BCUT2D eigenvalue weighted by molar-refractivity contribution is 9.10. The number of ketones is 1. The number of nitriles is 2. The number of carbonyl (C=O) groups excluding carboxylic acids is 2. The first kappa shape index (κ1) is 26.8. The fraction of sp³-hybridized carbons (Fsp3) is 0.185. The summed E-state index contributed by atoms with van der Waals surface area (Å²) in [7, 11) is 0. The summed E-state index contributed by atoms with van der Waals surface area (Å²) in [6.07, 6.45) is 1.27. The lowest BCUT2D eigenvalue weighted by Crippen LogP contribution is -2.05. The van der Waals surface area contributed by atoms with Crippen molar-refractivity contribution in [2.45, 2.75) is 26.9 Å². The molecule has 3 rings (SSSR count). The Balaban J connectivity index is 1.76. The van der Waals surface area contributed by atoms with Crippen LogP contribution in [0.15, 0.2) is 52.5 Å². The molecule has 0 aliphatic carbocycles. The van der Waals surface area contributed by atoms with Gasteiger partial charge in [-0.15, -0.1) is 11.3 Å². The molecule has 182 valence electrons. The van der Waals surface area contributed by atoms with Crippen molar-refractivity contribution in [1.29, 1.82) is 10.5 Å². The number of halogens is 2. The van der Waals surface area contributed by atoms with Crippen LogP contribution in [-0.4, -0.2) is 18.4 Å². The molecule has 0 amide bonds. The average Bonchev–Trinajstić information content (AvgIpc) is 3.17. The van der Waals surface area contributed by atoms with E-state index in [1.54, 1.807) is 44.2 Å². The Hall–Kier alpha value is -3.79. The number of benzene rings is 2. The quantitative estimate of drug-likeness (QED) is 0.171. The second kappa shape index (κ2) is 12.3. The van der Waals surface area contributed by atoms with Crippen LogP contribution < -0.4 is 4.74 Å². The zero-order valence-electron chi connectivity index (χ0n) is 19.4. The average molecular weight is 567 g/mol. The third kappa shape index (κ3) is 6.45. The van der Waals surface area contributed by atoms with Crippen LogP contribution in [-0.2, 0) is 22.6 Å². The van der Waals surface area contributed by atoms with Gasteiger partial charge in [0.25, 0.3) is 0 Å². The standard InChI is InChI=1S/C27H20BrFN2O4S/c1-3-34-27(33)26-16(2)21(14-31)25(36-26)12-23(32)19(13-30)10-18-6-9-24(22(28)11-18)35-15-17-4-7-20(29)8-5-17/h4-11H,3,12,15H2,1-2H3/b19-10+. The van der Waals surface area contributed by atoms with E-state index in [4.69, 9.17) is 9.47 Å². The van der Waals surface area contributed by atoms with Crippen LogP contribution in [0.1, 0.15) is 43.7 Å². The molecule has 0 atom stereocenters. The van der Waals surface area contributed by atoms with Gasteiger partial charge < -0.3 is 9.47 Å². The second-order valence-corrected chi connectivity index (χ2v) is 9.52. The van der Waals surface area contributed by atoms with E-state index in [0.29, 0.717) is 26.2 Å². The Morgan fingerprint density at radius 3 is 2.50 bits per heavy atom. The first-order chi connectivity index (χ1) is 17.3. The second-order valence-electron chi connectivity index (χ2n) is 7.56. The summed E-state index contributed by atoms with van der Waals surface area (Å²) in [6, 6.07) is 15.0. The minimum absolute atomic E-state index is 0.0884. The largest absolute Gasteiger partial charge is 0.488 e. The van der Waals surface area contributed by atoms with E-state index in [1.165, 1.54) is 18.2 Å². The minimum Gasteiger partial charge on any atom is -0.488 e. The van der Waals surface area contributed by atoms with Crippen molar-refractivity contribution >= 4 is 45.1 Å². The van der Waals surface area contributed by atoms with Crippen LogP contribution in [0.2, 0.25) is 0 Å². The molecule has 0 unspecified atom stereocenters. The highest BCUT2D eigenvalue weighted by Gasteiger charge is 2.23. The van der Waals surface area contributed by atoms with Crippen LogP contribution >= 0.6 is 27.3 Å². The number of ether oxygens (including phenoxy) is 2. The van der Waals surface area contributed by atoms with Crippen molar-refractivity contribution in [1.82, 2.24) is 0 Å². The Morgan fingerprint density at radius 2 is 1.89 bits per heavy atom. The lowest BCUT2D eigenvalue weighted by atomic mass is 10.0. The van der Waals surface area contributed by atoms with Gasteiger partial charge in [0.1, 0.15) is 35.2 Å². The van der Waals surface area contributed by atoms with E-state index in [-0.39, 0.29) is 41.5 Å². The van der Waals surface area contributed by atoms with Crippen LogP contribution in [0.5, 0.6) is 5.75 Å². The fourth-order valence-electron chi connectivity index (χ4n) is 3.28. The van der Waals surface area contributed by atoms with Crippen molar-refractivity contribution in [2.75, 3.05) is 6.61 Å². The third-order valence-electron chi connectivity index (χ3n) is 5.11. The molecule has 0 N–H and O–H groups in total. The molecule has 0 spiro atoms. The molecule has 0 bridgehead atoms. The summed E-state index contributed by atoms with van der Waals surface area (Å²) in [5.74, 6) is -0.798. The number of hydrogen-bond donors (Lipinski definition) is 0. The normalized spacial score (nSPS) is 10.9. The molecule has 6 nitrogen and oxygen atoms in total. The van der Waals surface area contributed by atoms with Crippen molar-refractivity contribution in [3.05, 3.63) is 90.3 Å². The predicted octanol–water partition coefficient (Wildman–Crippen LogP) is 6.30. The maximum atomic E-state index is 13.1. The monoisotopic (exact) mass is 566 g/mol. The van der Waals surface area contributed by atoms with Crippen molar-refractivity contribution < 1.29 is 23.5 Å². The van der Waals surface area contributed by atoms with Gasteiger partial charge in [0.15, 0.2) is 5.78 Å². The molecule has 0 saturated heterocycles. The van der Waals surface area contributed by atoms with Crippen molar-refractivity contribution in [2.24, 2.45) is 0 Å². The van der Waals surface area contributed by atoms with Gasteiger partial charge in [-0.2, -0.15) is 10.5 Å². The third-order valence-corrected chi connectivity index (χ3v) is 7.00. The number of esters is 1. The van der Waals surface area contributed by atoms with Crippen LogP contribution in [0.4, 0.5) is 4.39 Å². The summed E-state index contributed by atoms with van der Waals surface area (Å²) < 4.78 is 24.5. The number of allylic oxidation sites excluding steroid dienone is 1. The van der Waals surface area contributed by atoms with E-state index in [9.17, 15) is 24.5 Å². The first-order valence-corrected chi connectivity index (χ1v) is 12.4. The van der Waals surface area contributed by atoms with Gasteiger partial charge in [0.05, 0.1) is 22.2 Å². The van der Waals surface area contributed by atoms with Gasteiger partial charge in [-0.25, -0.2) is 9.18 Å². The Bertz CT molecular complexity index is 1420. The Morgan fingerprint density at radius 1 is 1.17 bits per heavy atom. The molecule has 0 radical (unpaired) electrons. The zero-order valence-corrected chi connectivity index (χ0v) is 21.8. The summed E-state index contributed by atoms with van der Waals surface area (Å²) >= 11 is 4.46. The molecule has 0 saturated carbocycles. The highest BCUT2D eigenvalue weighted by Crippen LogP contribution is 2.31. The molecule has 3 aromatic rings. The van der Waals surface area contributed by atoms with Gasteiger partial charge >= 0.3 is 5.97 Å². The first-order valence-electron chi connectivity index (χ1n) is 10.8. The SMILES string of the molecule is CCOC(=O)c1sc(CC(=O)/C(C#N)=C/c2ccc(OCc3ccc(F)cc3)c(Br)c2)c(C#N)c1C. The minimum atomic E-state index is -0.544. The summed E-state index contributed by atoms with van der Waals surface area (Å²) in [5.41, 5.74) is 2.02. The van der Waals surface area contributed by atoms with Gasteiger partial charge in [0.2, 0.25) is 0 Å². The smallest absolute Gasteiger partial charge is 0.348 e. The van der Waals surface area contributed by atoms with Crippen LogP contribution in [0.25, 0.3) is 6.08 Å². The fourth-order valence-corrected chi connectivity index (χ4v) is 4.94. The molecule has 2 aromatic carbocycles. The molecule has 0 fully saturated rings. The lowest BCUT2D eigenvalue weighted by molar-refractivity contribution is -0.114. The number of rotatable bonds is 9. The van der Waals surface area contributed by atoms with E-state index in [0.717, 1.165) is 16.9 Å². The van der Waals surface area contributed by atoms with Crippen LogP contribution in [0.3, 0.4) is 0 Å². The zero-order chi connectivity index (χ0) is 26.2. The number of carbonyl (C=O) groups is 2. The molecule has 9 heteroatoms. The number of hydrogen-bond acceptors (Lipinski definition) is 7. The molecule has 1 heterocycles. The lowest BCUT2D eigenvalue weighted by Gasteiger charge is -2.09. The van der Waals surface area contributed by atoms with E-state index in [2.05, 4.69) is 15.9 Å². The highest BCUT2D eigenvalue weighted by atomic mass is 79.9. The van der Waals surface area contributed by atoms with E-state index in [1.807, 2.05) is 12.1 Å². The van der Waals surface area contributed by atoms with Gasteiger partial charge in [-0.3, -0.25) is 4.79 Å². The number of nitrogens with zero attached hydrogens (tertiary/aromatic N) is 2. The maximum absolute atomic E-state index is 13.1. The van der Waals surface area contributed by atoms with Crippen molar-refractivity contribution in [3.8, 4) is 17.9 Å². The molecule has 1 aromatic heterocycles. The molecule has 36 heavy (non-hydrogen) atoms. The molecule has 0 aliphatic heterocycles. The maximum Gasteiger partial charge on any atom is 0.348 e. The number of thiophene rings is 1. The number of Topliss-reactive ketones (excluding diaryl/α,β-unsaturated/α-hetero) is 1. The summed E-state index contributed by atoms with van der Waals surface area (Å²) in [5, 5.41) is 19.1. The Labute approximate surface area is 220 Å². The van der Waals surface area contributed by atoms with Gasteiger partial charge in [0, 0.05) is 11.3 Å². The van der Waals surface area contributed by atoms with Gasteiger partial charge in [-0.1, -0.05) is 18.2 Å². The van der Waals surface area contributed by atoms with Crippen LogP contribution in [0, 0.1) is 35.4 Å². The molecule has 0 aliphatic rings.